The van der Waals surface area contributed by atoms with Crippen LogP contribution in [0.2, 0.25) is 0 Å². The van der Waals surface area contributed by atoms with Crippen molar-refractivity contribution in [3.8, 4) is 0 Å². The molecular formula is C24H34FN3O. The molecule has 29 heavy (non-hydrogen) atoms. The summed E-state index contributed by atoms with van der Waals surface area (Å²) in [4.78, 5) is 15.3. The van der Waals surface area contributed by atoms with E-state index >= 15 is 0 Å². The summed E-state index contributed by atoms with van der Waals surface area (Å²) in [6.07, 6.45) is 3.14. The Morgan fingerprint density at radius 1 is 1.24 bits per heavy atom. The molecule has 1 amide bonds. The Morgan fingerprint density at radius 2 is 1.93 bits per heavy atom. The van der Waals surface area contributed by atoms with Crippen LogP contribution in [0.1, 0.15) is 60.9 Å². The van der Waals surface area contributed by atoms with Gasteiger partial charge in [0.2, 0.25) is 0 Å². The van der Waals surface area contributed by atoms with Crippen LogP contribution in [-0.2, 0) is 18.4 Å². The van der Waals surface area contributed by atoms with E-state index in [1.54, 1.807) is 0 Å². The molecular weight excluding hydrogens is 365 g/mol. The van der Waals surface area contributed by atoms with Crippen molar-refractivity contribution in [3.63, 3.8) is 0 Å². The molecule has 2 aromatic rings. The fourth-order valence-electron chi connectivity index (χ4n) is 4.22. The molecule has 1 atom stereocenters. The van der Waals surface area contributed by atoms with Gasteiger partial charge in [-0.3, -0.25) is 4.79 Å². The van der Waals surface area contributed by atoms with Gasteiger partial charge in [-0.1, -0.05) is 32.9 Å². The molecule has 0 bridgehead atoms. The molecule has 1 aromatic carbocycles. The highest BCUT2D eigenvalue weighted by Gasteiger charge is 2.26. The minimum atomic E-state index is -0.215. The van der Waals surface area contributed by atoms with E-state index in [2.05, 4.69) is 42.6 Å². The first-order valence-electron chi connectivity index (χ1n) is 10.6. The largest absolute Gasteiger partial charge is 0.350 e. The zero-order valence-electron chi connectivity index (χ0n) is 18.4. The Labute approximate surface area is 174 Å². The van der Waals surface area contributed by atoms with E-state index in [9.17, 15) is 9.18 Å². The van der Waals surface area contributed by atoms with Gasteiger partial charge in [0.15, 0.2) is 0 Å². The molecule has 0 radical (unpaired) electrons. The summed E-state index contributed by atoms with van der Waals surface area (Å²) in [5.74, 6) is -0.207. The fourth-order valence-corrected chi connectivity index (χ4v) is 4.22. The van der Waals surface area contributed by atoms with Gasteiger partial charge in [0.05, 0.1) is 5.56 Å². The molecule has 2 heterocycles. The van der Waals surface area contributed by atoms with Crippen molar-refractivity contribution in [3.05, 3.63) is 58.7 Å². The van der Waals surface area contributed by atoms with Gasteiger partial charge < -0.3 is 14.8 Å². The van der Waals surface area contributed by atoms with Crippen molar-refractivity contribution in [2.75, 3.05) is 20.1 Å². The Bertz CT molecular complexity index is 848. The first kappa shape index (κ1) is 21.6. The molecule has 1 aliphatic rings. The number of halogens is 1. The second-order valence-electron chi connectivity index (χ2n) is 9.29. The van der Waals surface area contributed by atoms with E-state index in [1.807, 2.05) is 25.1 Å². The molecule has 0 spiro atoms. The monoisotopic (exact) mass is 399 g/mol. The maximum Gasteiger partial charge on any atom is 0.253 e. The van der Waals surface area contributed by atoms with E-state index in [0.717, 1.165) is 48.4 Å². The van der Waals surface area contributed by atoms with Crippen LogP contribution >= 0.6 is 0 Å². The molecule has 3 rings (SSSR count). The Balaban J connectivity index is 1.77. The number of amides is 1. The van der Waals surface area contributed by atoms with Crippen LogP contribution in [0, 0.1) is 12.7 Å². The van der Waals surface area contributed by atoms with E-state index < -0.39 is 0 Å². The van der Waals surface area contributed by atoms with Gasteiger partial charge in [-0.05, 0) is 63.5 Å². The van der Waals surface area contributed by atoms with Crippen LogP contribution in [0.15, 0.2) is 30.3 Å². The minimum Gasteiger partial charge on any atom is -0.350 e. The second-order valence-corrected chi connectivity index (χ2v) is 9.29. The van der Waals surface area contributed by atoms with Gasteiger partial charge in [0.1, 0.15) is 5.82 Å². The summed E-state index contributed by atoms with van der Waals surface area (Å²) in [5, 5.41) is 3.15. The number of hydrogen-bond acceptors (Lipinski definition) is 2. The number of nitrogens with zero attached hydrogens (tertiary/aromatic N) is 2. The zero-order chi connectivity index (χ0) is 21.2. The molecule has 1 N–H and O–H groups in total. The van der Waals surface area contributed by atoms with Crippen LogP contribution < -0.4 is 5.32 Å². The molecule has 1 aromatic heterocycles. The van der Waals surface area contributed by atoms with Crippen LogP contribution in [0.25, 0.3) is 0 Å². The lowest BCUT2D eigenvalue weighted by Gasteiger charge is -2.22. The number of carbonyl (C=O) groups is 1. The molecule has 0 unspecified atom stereocenters. The van der Waals surface area contributed by atoms with Gasteiger partial charge in [0.25, 0.3) is 5.91 Å². The number of aromatic nitrogens is 1. The molecule has 0 saturated carbocycles. The van der Waals surface area contributed by atoms with Gasteiger partial charge in [-0.15, -0.1) is 0 Å². The highest BCUT2D eigenvalue weighted by atomic mass is 19.1. The molecule has 5 heteroatoms. The summed E-state index contributed by atoms with van der Waals surface area (Å²) in [5.41, 5.74) is 3.93. The van der Waals surface area contributed by atoms with E-state index in [4.69, 9.17) is 0 Å². The van der Waals surface area contributed by atoms with Gasteiger partial charge in [0, 0.05) is 35.9 Å². The van der Waals surface area contributed by atoms with Crippen molar-refractivity contribution >= 4 is 5.91 Å². The van der Waals surface area contributed by atoms with Crippen molar-refractivity contribution in [1.29, 1.82) is 0 Å². The van der Waals surface area contributed by atoms with Gasteiger partial charge in [-0.2, -0.15) is 0 Å². The highest BCUT2D eigenvalue weighted by molar-refractivity contribution is 5.95. The number of likely N-dealkylation sites (tertiary alicyclic amines) is 1. The SMILES string of the molecule is Cc1c(C(=O)NC[C@H]2CCCN2C)cc(C(C)(C)C)n1CCc1ccc(F)cc1. The lowest BCUT2D eigenvalue weighted by molar-refractivity contribution is 0.0943. The smallest absolute Gasteiger partial charge is 0.253 e. The maximum absolute atomic E-state index is 13.2. The number of hydrogen-bond donors (Lipinski definition) is 1. The molecule has 1 aliphatic heterocycles. The van der Waals surface area contributed by atoms with Crippen LogP contribution in [-0.4, -0.2) is 41.6 Å². The number of aryl methyl sites for hydroxylation is 1. The number of carbonyl (C=O) groups excluding carboxylic acids is 1. The second kappa shape index (κ2) is 8.70. The Kier molecular flexibility index (Phi) is 6.47. The van der Waals surface area contributed by atoms with Crippen molar-refractivity contribution in [1.82, 2.24) is 14.8 Å². The normalized spacial score (nSPS) is 17.7. The predicted molar refractivity (Wildman–Crippen MR) is 116 cm³/mol. The summed E-state index contributed by atoms with van der Waals surface area (Å²) in [6, 6.07) is 9.14. The lowest BCUT2D eigenvalue weighted by Crippen LogP contribution is -2.38. The Morgan fingerprint density at radius 3 is 2.52 bits per heavy atom. The first-order chi connectivity index (χ1) is 13.7. The summed E-state index contributed by atoms with van der Waals surface area (Å²) >= 11 is 0. The maximum atomic E-state index is 13.2. The van der Waals surface area contributed by atoms with Crippen molar-refractivity contribution < 1.29 is 9.18 Å². The number of likely N-dealkylation sites (N-methyl/N-ethyl adjacent to an activating group) is 1. The Hall–Kier alpha value is -2.14. The third-order valence-corrected chi connectivity index (χ3v) is 6.09. The van der Waals surface area contributed by atoms with E-state index in [1.165, 1.54) is 18.6 Å². The van der Waals surface area contributed by atoms with E-state index in [0.29, 0.717) is 12.6 Å². The molecule has 158 valence electrons. The number of rotatable bonds is 6. The third-order valence-electron chi connectivity index (χ3n) is 6.09. The summed E-state index contributed by atoms with van der Waals surface area (Å²) in [6.45, 7) is 11.1. The standard InChI is InChI=1S/C24H34FN3O/c1-17-21(23(29)26-16-20-7-6-13-27(20)5)15-22(24(2,3)4)28(17)14-12-18-8-10-19(25)11-9-18/h8-11,15,20H,6-7,12-14,16H2,1-5H3,(H,26,29)/t20-/m1/s1. The average Bonchev–Trinajstić information content (AvgIpc) is 3.22. The number of benzene rings is 1. The molecule has 4 nitrogen and oxygen atoms in total. The lowest BCUT2D eigenvalue weighted by atomic mass is 9.91. The quantitative estimate of drug-likeness (QED) is 0.786. The topological polar surface area (TPSA) is 37.3 Å². The predicted octanol–water partition coefficient (Wildman–Crippen LogP) is 4.30. The third kappa shape index (κ3) is 5.08. The fraction of sp³-hybridized carbons (Fsp3) is 0.542. The van der Waals surface area contributed by atoms with Crippen molar-refractivity contribution in [2.45, 2.75) is 65.0 Å². The summed E-state index contributed by atoms with van der Waals surface area (Å²) < 4.78 is 15.4. The van der Waals surface area contributed by atoms with Crippen LogP contribution in [0.5, 0.6) is 0 Å². The first-order valence-corrected chi connectivity index (χ1v) is 10.6. The number of nitrogens with one attached hydrogen (secondary N) is 1. The summed E-state index contributed by atoms with van der Waals surface area (Å²) in [7, 11) is 2.12. The van der Waals surface area contributed by atoms with Crippen molar-refractivity contribution in [2.24, 2.45) is 0 Å². The average molecular weight is 400 g/mol. The molecule has 1 fully saturated rings. The van der Waals surface area contributed by atoms with Crippen LogP contribution in [0.3, 0.4) is 0 Å². The molecule has 0 aliphatic carbocycles. The van der Waals surface area contributed by atoms with Crippen LogP contribution in [0.4, 0.5) is 4.39 Å². The van der Waals surface area contributed by atoms with E-state index in [-0.39, 0.29) is 17.1 Å². The zero-order valence-corrected chi connectivity index (χ0v) is 18.4. The molecule has 1 saturated heterocycles. The minimum absolute atomic E-state index is 0.00818. The van der Waals surface area contributed by atoms with Gasteiger partial charge >= 0.3 is 0 Å². The highest BCUT2D eigenvalue weighted by Crippen LogP contribution is 2.28. The van der Waals surface area contributed by atoms with Gasteiger partial charge in [-0.25, -0.2) is 4.39 Å².